The number of allylic oxidation sites excluding steroid dienone is 1. The second kappa shape index (κ2) is 8.25. The normalized spacial score (nSPS) is 10.0. The summed E-state index contributed by atoms with van der Waals surface area (Å²) >= 11 is 6.02. The van der Waals surface area contributed by atoms with Crippen molar-refractivity contribution >= 4 is 23.2 Å². The first-order valence-corrected chi connectivity index (χ1v) is 7.47. The van der Waals surface area contributed by atoms with E-state index >= 15 is 0 Å². The topological polar surface area (TPSA) is 47.6 Å². The number of hydrogen-bond donors (Lipinski definition) is 1. The SMILES string of the molecule is C=CCc1ccccc1OCC(=O)Nc1ccc(OC)c(Cl)c1. The highest BCUT2D eigenvalue weighted by Gasteiger charge is 2.08. The van der Waals surface area contributed by atoms with Crippen molar-refractivity contribution in [1.29, 1.82) is 0 Å². The molecule has 1 amide bonds. The molecule has 120 valence electrons. The molecule has 0 aliphatic rings. The molecule has 0 heterocycles. The smallest absolute Gasteiger partial charge is 0.262 e. The fraction of sp³-hybridized carbons (Fsp3) is 0.167. The lowest BCUT2D eigenvalue weighted by Crippen LogP contribution is -2.20. The predicted octanol–water partition coefficient (Wildman–Crippen LogP) is 4.09. The number of rotatable bonds is 7. The minimum Gasteiger partial charge on any atom is -0.495 e. The molecule has 0 saturated carbocycles. The van der Waals surface area contributed by atoms with Crippen molar-refractivity contribution in [2.75, 3.05) is 19.0 Å². The summed E-state index contributed by atoms with van der Waals surface area (Å²) in [6.07, 6.45) is 2.48. The quantitative estimate of drug-likeness (QED) is 0.777. The summed E-state index contributed by atoms with van der Waals surface area (Å²) in [6.45, 7) is 3.63. The number of amides is 1. The highest BCUT2D eigenvalue weighted by atomic mass is 35.5. The van der Waals surface area contributed by atoms with E-state index in [4.69, 9.17) is 21.1 Å². The Morgan fingerprint density at radius 3 is 2.74 bits per heavy atom. The Labute approximate surface area is 140 Å². The van der Waals surface area contributed by atoms with Crippen LogP contribution in [0, 0.1) is 0 Å². The highest BCUT2D eigenvalue weighted by molar-refractivity contribution is 6.32. The first-order valence-electron chi connectivity index (χ1n) is 7.09. The van der Waals surface area contributed by atoms with Gasteiger partial charge in [-0.05, 0) is 36.2 Å². The van der Waals surface area contributed by atoms with Crippen LogP contribution in [0.15, 0.2) is 55.1 Å². The molecule has 0 aromatic heterocycles. The third-order valence-electron chi connectivity index (χ3n) is 3.13. The Hall–Kier alpha value is -2.46. The van der Waals surface area contributed by atoms with Gasteiger partial charge in [0.15, 0.2) is 6.61 Å². The Balaban J connectivity index is 1.95. The van der Waals surface area contributed by atoms with Crippen LogP contribution in [0.2, 0.25) is 5.02 Å². The highest BCUT2D eigenvalue weighted by Crippen LogP contribution is 2.27. The molecule has 0 aliphatic heterocycles. The van der Waals surface area contributed by atoms with E-state index in [0.717, 1.165) is 5.56 Å². The van der Waals surface area contributed by atoms with Crippen molar-refractivity contribution in [2.24, 2.45) is 0 Å². The lowest BCUT2D eigenvalue weighted by atomic mass is 10.1. The van der Waals surface area contributed by atoms with Gasteiger partial charge in [0.05, 0.1) is 12.1 Å². The molecule has 0 unspecified atom stereocenters. The minimum absolute atomic E-state index is 0.0855. The summed E-state index contributed by atoms with van der Waals surface area (Å²) in [5, 5.41) is 3.16. The predicted molar refractivity (Wildman–Crippen MR) is 92.5 cm³/mol. The average Bonchev–Trinajstić information content (AvgIpc) is 2.54. The summed E-state index contributed by atoms with van der Waals surface area (Å²) in [4.78, 5) is 12.0. The maximum Gasteiger partial charge on any atom is 0.262 e. The molecule has 2 aromatic rings. The molecule has 0 saturated heterocycles. The molecule has 0 fully saturated rings. The molecule has 0 bridgehead atoms. The molecule has 0 aliphatic carbocycles. The first-order chi connectivity index (χ1) is 11.1. The third kappa shape index (κ3) is 4.76. The Bertz CT molecular complexity index is 700. The lowest BCUT2D eigenvalue weighted by molar-refractivity contribution is -0.118. The second-order valence-electron chi connectivity index (χ2n) is 4.79. The number of carbonyl (C=O) groups is 1. The molecular formula is C18H18ClNO3. The molecule has 2 aromatic carbocycles. The van der Waals surface area contributed by atoms with Crippen molar-refractivity contribution in [3.63, 3.8) is 0 Å². The first kappa shape index (κ1) is 16.9. The van der Waals surface area contributed by atoms with Crippen molar-refractivity contribution in [1.82, 2.24) is 0 Å². The number of anilines is 1. The summed E-state index contributed by atoms with van der Waals surface area (Å²) in [5.41, 5.74) is 1.58. The van der Waals surface area contributed by atoms with Gasteiger partial charge in [-0.15, -0.1) is 6.58 Å². The van der Waals surface area contributed by atoms with Gasteiger partial charge >= 0.3 is 0 Å². The zero-order chi connectivity index (χ0) is 16.7. The number of methoxy groups -OCH3 is 1. The van der Waals surface area contributed by atoms with Crippen LogP contribution in [-0.4, -0.2) is 19.6 Å². The average molecular weight is 332 g/mol. The molecule has 4 nitrogen and oxygen atoms in total. The molecule has 1 N–H and O–H groups in total. The number of carbonyl (C=O) groups excluding carboxylic acids is 1. The largest absolute Gasteiger partial charge is 0.495 e. The number of para-hydroxylation sites is 1. The molecule has 23 heavy (non-hydrogen) atoms. The number of nitrogens with one attached hydrogen (secondary N) is 1. The van der Waals surface area contributed by atoms with Crippen LogP contribution >= 0.6 is 11.6 Å². The van der Waals surface area contributed by atoms with E-state index in [1.54, 1.807) is 24.3 Å². The van der Waals surface area contributed by atoms with Gasteiger partial charge in [-0.3, -0.25) is 4.79 Å². The minimum atomic E-state index is -0.264. The van der Waals surface area contributed by atoms with Crippen molar-refractivity contribution in [3.05, 3.63) is 65.7 Å². The monoisotopic (exact) mass is 331 g/mol. The van der Waals surface area contributed by atoms with Gasteiger partial charge < -0.3 is 14.8 Å². The Morgan fingerprint density at radius 2 is 2.04 bits per heavy atom. The van der Waals surface area contributed by atoms with E-state index in [1.807, 2.05) is 24.3 Å². The van der Waals surface area contributed by atoms with Crippen LogP contribution in [0.5, 0.6) is 11.5 Å². The lowest BCUT2D eigenvalue weighted by Gasteiger charge is -2.11. The van der Waals surface area contributed by atoms with E-state index in [-0.39, 0.29) is 12.5 Å². The Morgan fingerprint density at radius 1 is 1.26 bits per heavy atom. The van der Waals surface area contributed by atoms with Gasteiger partial charge in [0.1, 0.15) is 11.5 Å². The summed E-state index contributed by atoms with van der Waals surface area (Å²) in [6, 6.07) is 12.6. The fourth-order valence-electron chi connectivity index (χ4n) is 2.05. The number of halogens is 1. The maximum atomic E-state index is 12.0. The van der Waals surface area contributed by atoms with E-state index in [9.17, 15) is 4.79 Å². The number of hydrogen-bond acceptors (Lipinski definition) is 3. The molecule has 0 spiro atoms. The number of benzene rings is 2. The number of ether oxygens (including phenoxy) is 2. The van der Waals surface area contributed by atoms with E-state index in [0.29, 0.717) is 28.6 Å². The summed E-state index contributed by atoms with van der Waals surface area (Å²) < 4.78 is 10.7. The van der Waals surface area contributed by atoms with Crippen molar-refractivity contribution in [2.45, 2.75) is 6.42 Å². The molecule has 2 rings (SSSR count). The summed E-state index contributed by atoms with van der Waals surface area (Å²) in [7, 11) is 1.54. The van der Waals surface area contributed by atoms with E-state index < -0.39 is 0 Å². The van der Waals surface area contributed by atoms with Crippen molar-refractivity contribution < 1.29 is 14.3 Å². The van der Waals surface area contributed by atoms with Gasteiger partial charge in [0.25, 0.3) is 5.91 Å². The standard InChI is InChI=1S/C18H18ClNO3/c1-3-6-13-7-4-5-8-16(13)23-12-18(21)20-14-9-10-17(22-2)15(19)11-14/h3-5,7-11H,1,6,12H2,2H3,(H,20,21). The fourth-order valence-corrected chi connectivity index (χ4v) is 2.31. The van der Waals surface area contributed by atoms with Crippen LogP contribution in [0.3, 0.4) is 0 Å². The van der Waals surface area contributed by atoms with Gasteiger partial charge in [-0.1, -0.05) is 35.9 Å². The van der Waals surface area contributed by atoms with Crippen LogP contribution in [0.25, 0.3) is 0 Å². The second-order valence-corrected chi connectivity index (χ2v) is 5.19. The van der Waals surface area contributed by atoms with Crippen LogP contribution in [-0.2, 0) is 11.2 Å². The zero-order valence-corrected chi connectivity index (χ0v) is 13.6. The zero-order valence-electron chi connectivity index (χ0n) is 12.8. The van der Waals surface area contributed by atoms with E-state index in [1.165, 1.54) is 7.11 Å². The van der Waals surface area contributed by atoms with Crippen LogP contribution < -0.4 is 14.8 Å². The Kier molecular flexibility index (Phi) is 6.06. The van der Waals surface area contributed by atoms with Gasteiger partial charge in [0.2, 0.25) is 0 Å². The van der Waals surface area contributed by atoms with E-state index in [2.05, 4.69) is 11.9 Å². The van der Waals surface area contributed by atoms with Gasteiger partial charge in [-0.25, -0.2) is 0 Å². The van der Waals surface area contributed by atoms with Crippen molar-refractivity contribution in [3.8, 4) is 11.5 Å². The molecule has 0 radical (unpaired) electrons. The van der Waals surface area contributed by atoms with Crippen LogP contribution in [0.1, 0.15) is 5.56 Å². The molecule has 5 heteroatoms. The van der Waals surface area contributed by atoms with Gasteiger partial charge in [0, 0.05) is 5.69 Å². The summed E-state index contributed by atoms with van der Waals surface area (Å²) in [5.74, 6) is 0.967. The third-order valence-corrected chi connectivity index (χ3v) is 3.43. The van der Waals surface area contributed by atoms with Crippen LogP contribution in [0.4, 0.5) is 5.69 Å². The molecule has 0 atom stereocenters. The maximum absolute atomic E-state index is 12.0. The molecular weight excluding hydrogens is 314 g/mol. The van der Waals surface area contributed by atoms with Gasteiger partial charge in [-0.2, -0.15) is 0 Å².